The van der Waals surface area contributed by atoms with Crippen LogP contribution in [0.25, 0.3) is 0 Å². The van der Waals surface area contributed by atoms with E-state index in [1.54, 1.807) is 11.9 Å². The maximum Gasteiger partial charge on any atom is 0.0648 e. The SMILES string of the molecule is CSNc1ccc(C)cc1Cl. The van der Waals surface area contributed by atoms with Crippen LogP contribution in [0.2, 0.25) is 5.02 Å². The van der Waals surface area contributed by atoms with Crippen molar-refractivity contribution >= 4 is 29.2 Å². The van der Waals surface area contributed by atoms with Gasteiger partial charge in [0.25, 0.3) is 0 Å². The second kappa shape index (κ2) is 3.88. The van der Waals surface area contributed by atoms with Crippen LogP contribution in [-0.2, 0) is 0 Å². The summed E-state index contributed by atoms with van der Waals surface area (Å²) in [5.74, 6) is 0. The van der Waals surface area contributed by atoms with Gasteiger partial charge in [0.15, 0.2) is 0 Å². The summed E-state index contributed by atoms with van der Waals surface area (Å²) < 4.78 is 3.09. The van der Waals surface area contributed by atoms with Gasteiger partial charge in [0, 0.05) is 6.26 Å². The standard InChI is InChI=1S/C8H10ClNS/c1-6-3-4-8(10-11-2)7(9)5-6/h3-5,10H,1-2H3. The Morgan fingerprint density at radius 2 is 2.18 bits per heavy atom. The van der Waals surface area contributed by atoms with Gasteiger partial charge in [-0.1, -0.05) is 29.6 Å². The highest BCUT2D eigenvalue weighted by Crippen LogP contribution is 2.24. The van der Waals surface area contributed by atoms with E-state index in [2.05, 4.69) is 4.72 Å². The summed E-state index contributed by atoms with van der Waals surface area (Å²) in [6.07, 6.45) is 1.97. The Morgan fingerprint density at radius 1 is 1.45 bits per heavy atom. The number of halogens is 1. The van der Waals surface area contributed by atoms with Crippen molar-refractivity contribution in [3.8, 4) is 0 Å². The Labute approximate surface area is 76.3 Å². The number of benzene rings is 1. The Hall–Kier alpha value is -0.340. The Bertz CT molecular complexity index is 250. The van der Waals surface area contributed by atoms with Crippen LogP contribution < -0.4 is 4.72 Å². The second-order valence-corrected chi connectivity index (χ2v) is 3.31. The van der Waals surface area contributed by atoms with Crippen LogP contribution in [-0.4, -0.2) is 6.26 Å². The highest BCUT2D eigenvalue weighted by molar-refractivity contribution is 7.99. The fraction of sp³-hybridized carbons (Fsp3) is 0.250. The first kappa shape index (κ1) is 8.75. The fourth-order valence-electron chi connectivity index (χ4n) is 0.813. The molecule has 1 aromatic carbocycles. The lowest BCUT2D eigenvalue weighted by Gasteiger charge is -2.04. The molecule has 0 bridgehead atoms. The Morgan fingerprint density at radius 3 is 2.73 bits per heavy atom. The topological polar surface area (TPSA) is 12.0 Å². The van der Waals surface area contributed by atoms with Gasteiger partial charge in [-0.2, -0.15) is 0 Å². The third kappa shape index (κ3) is 2.31. The number of anilines is 1. The molecule has 0 amide bonds. The minimum absolute atomic E-state index is 0.777. The molecule has 1 nitrogen and oxygen atoms in total. The zero-order valence-corrected chi connectivity index (χ0v) is 8.09. The lowest BCUT2D eigenvalue weighted by molar-refractivity contribution is 1.47. The first-order valence-electron chi connectivity index (χ1n) is 3.29. The average Bonchev–Trinajstić information content (AvgIpc) is 1.95. The number of hydrogen-bond donors (Lipinski definition) is 1. The van der Waals surface area contributed by atoms with Crippen LogP contribution in [0.4, 0.5) is 5.69 Å². The molecule has 0 saturated carbocycles. The highest BCUT2D eigenvalue weighted by Gasteiger charge is 1.97. The van der Waals surface area contributed by atoms with Crippen LogP contribution in [0.3, 0.4) is 0 Å². The highest BCUT2D eigenvalue weighted by atomic mass is 35.5. The van der Waals surface area contributed by atoms with Crippen molar-refractivity contribution in [1.29, 1.82) is 0 Å². The molecule has 0 aliphatic rings. The van der Waals surface area contributed by atoms with Crippen LogP contribution >= 0.6 is 23.5 Å². The summed E-state index contributed by atoms with van der Waals surface area (Å²) in [7, 11) is 0. The first-order chi connectivity index (χ1) is 5.24. The van der Waals surface area contributed by atoms with Gasteiger partial charge in [-0.05, 0) is 24.6 Å². The molecular weight excluding hydrogens is 178 g/mol. The number of rotatable bonds is 2. The summed E-state index contributed by atoms with van der Waals surface area (Å²) >= 11 is 7.47. The van der Waals surface area contributed by atoms with Crippen LogP contribution in [0.1, 0.15) is 5.56 Å². The van der Waals surface area contributed by atoms with E-state index < -0.39 is 0 Å². The van der Waals surface area contributed by atoms with Gasteiger partial charge < -0.3 is 4.72 Å². The largest absolute Gasteiger partial charge is 0.329 e. The van der Waals surface area contributed by atoms with Gasteiger partial charge in [-0.25, -0.2) is 0 Å². The molecule has 1 aromatic rings. The van der Waals surface area contributed by atoms with Gasteiger partial charge in [-0.15, -0.1) is 0 Å². The van der Waals surface area contributed by atoms with Gasteiger partial charge in [0.05, 0.1) is 10.7 Å². The van der Waals surface area contributed by atoms with Crippen molar-refractivity contribution in [2.75, 3.05) is 11.0 Å². The Kier molecular flexibility index (Phi) is 3.09. The molecule has 0 fully saturated rings. The minimum Gasteiger partial charge on any atom is -0.329 e. The molecule has 1 rings (SSSR count). The van der Waals surface area contributed by atoms with Gasteiger partial charge in [0.2, 0.25) is 0 Å². The summed E-state index contributed by atoms with van der Waals surface area (Å²) in [5.41, 5.74) is 2.16. The van der Waals surface area contributed by atoms with E-state index in [4.69, 9.17) is 11.6 Å². The van der Waals surface area contributed by atoms with Gasteiger partial charge >= 0.3 is 0 Å². The molecule has 0 atom stereocenters. The summed E-state index contributed by atoms with van der Waals surface area (Å²) in [6.45, 7) is 2.02. The lowest BCUT2D eigenvalue weighted by Crippen LogP contribution is -1.85. The van der Waals surface area contributed by atoms with E-state index in [9.17, 15) is 0 Å². The third-order valence-corrected chi connectivity index (χ3v) is 2.07. The number of hydrogen-bond acceptors (Lipinski definition) is 2. The molecule has 0 saturated heterocycles. The van der Waals surface area contributed by atoms with Gasteiger partial charge in [0.1, 0.15) is 0 Å². The van der Waals surface area contributed by atoms with E-state index in [0.29, 0.717) is 0 Å². The van der Waals surface area contributed by atoms with Crippen molar-refractivity contribution in [2.45, 2.75) is 6.92 Å². The van der Waals surface area contributed by atoms with Crippen LogP contribution in [0, 0.1) is 6.92 Å². The van der Waals surface area contributed by atoms with E-state index in [0.717, 1.165) is 10.7 Å². The van der Waals surface area contributed by atoms with Crippen molar-refractivity contribution in [3.63, 3.8) is 0 Å². The normalized spacial score (nSPS) is 9.73. The maximum absolute atomic E-state index is 5.93. The molecule has 1 N–H and O–H groups in total. The molecule has 0 radical (unpaired) electrons. The summed E-state index contributed by atoms with van der Waals surface area (Å²) in [4.78, 5) is 0. The van der Waals surface area contributed by atoms with E-state index in [1.165, 1.54) is 5.56 Å². The fourth-order valence-corrected chi connectivity index (χ4v) is 1.55. The smallest absolute Gasteiger partial charge is 0.0648 e. The maximum atomic E-state index is 5.93. The van der Waals surface area contributed by atoms with E-state index in [-0.39, 0.29) is 0 Å². The molecule has 3 heteroatoms. The quantitative estimate of drug-likeness (QED) is 0.713. The zero-order valence-electron chi connectivity index (χ0n) is 6.52. The molecule has 0 aliphatic heterocycles. The van der Waals surface area contributed by atoms with Crippen molar-refractivity contribution in [2.24, 2.45) is 0 Å². The molecule has 0 aliphatic carbocycles. The van der Waals surface area contributed by atoms with Gasteiger partial charge in [-0.3, -0.25) is 0 Å². The molecular formula is C8H10ClNS. The van der Waals surface area contributed by atoms with Crippen molar-refractivity contribution < 1.29 is 0 Å². The predicted molar refractivity (Wildman–Crippen MR) is 53.3 cm³/mol. The molecule has 0 spiro atoms. The third-order valence-electron chi connectivity index (χ3n) is 1.34. The molecule has 0 heterocycles. The summed E-state index contributed by atoms with van der Waals surface area (Å²) in [6, 6.07) is 5.96. The van der Waals surface area contributed by atoms with E-state index >= 15 is 0 Å². The predicted octanol–water partition coefficient (Wildman–Crippen LogP) is 3.34. The summed E-state index contributed by atoms with van der Waals surface area (Å²) in [5, 5.41) is 0.777. The average molecular weight is 188 g/mol. The molecule has 0 unspecified atom stereocenters. The van der Waals surface area contributed by atoms with Crippen LogP contribution in [0.5, 0.6) is 0 Å². The number of nitrogens with one attached hydrogen (secondary N) is 1. The van der Waals surface area contributed by atoms with Crippen molar-refractivity contribution in [3.05, 3.63) is 28.8 Å². The first-order valence-corrected chi connectivity index (χ1v) is 4.89. The lowest BCUT2D eigenvalue weighted by atomic mass is 10.2. The Balaban J connectivity index is 2.90. The minimum atomic E-state index is 0.777. The molecule has 0 aromatic heterocycles. The van der Waals surface area contributed by atoms with Crippen LogP contribution in [0.15, 0.2) is 18.2 Å². The molecule has 60 valence electrons. The monoisotopic (exact) mass is 187 g/mol. The second-order valence-electron chi connectivity index (χ2n) is 2.29. The zero-order chi connectivity index (χ0) is 8.27. The number of aryl methyl sites for hydroxylation is 1. The van der Waals surface area contributed by atoms with Crippen molar-refractivity contribution in [1.82, 2.24) is 0 Å². The molecule has 11 heavy (non-hydrogen) atoms. The van der Waals surface area contributed by atoms with E-state index in [1.807, 2.05) is 31.4 Å².